The number of aromatic nitrogens is 1. The van der Waals surface area contributed by atoms with Crippen molar-refractivity contribution in [2.75, 3.05) is 6.54 Å². The number of oxazole rings is 1. The van der Waals surface area contributed by atoms with Gasteiger partial charge in [0, 0.05) is 13.0 Å². The third-order valence-corrected chi connectivity index (χ3v) is 4.12. The summed E-state index contributed by atoms with van der Waals surface area (Å²) in [6.07, 6.45) is 5.26. The van der Waals surface area contributed by atoms with Gasteiger partial charge in [0.1, 0.15) is 6.26 Å². The van der Waals surface area contributed by atoms with Crippen LogP contribution in [-0.2, 0) is 16.0 Å². The molecule has 2 heterocycles. The van der Waals surface area contributed by atoms with E-state index in [9.17, 15) is 9.59 Å². The molecule has 1 amide bonds. The summed E-state index contributed by atoms with van der Waals surface area (Å²) in [5.74, 6) is -0.296. The predicted molar refractivity (Wildman–Crippen MR) is 87.3 cm³/mol. The average Bonchev–Trinajstić information content (AvgIpc) is 3.16. The Hall–Kier alpha value is -2.15. The highest BCUT2D eigenvalue weighted by molar-refractivity contribution is 7.13. The van der Waals surface area contributed by atoms with E-state index in [1.165, 1.54) is 17.6 Å². The molecule has 23 heavy (non-hydrogen) atoms. The number of carbonyl (C=O) groups is 2. The van der Waals surface area contributed by atoms with Crippen LogP contribution in [0, 0.1) is 0 Å². The Balaban J connectivity index is 1.61. The molecule has 0 aromatic carbocycles. The summed E-state index contributed by atoms with van der Waals surface area (Å²) in [6, 6.07) is 3.84. The lowest BCUT2D eigenvalue weighted by Crippen LogP contribution is -2.26. The van der Waals surface area contributed by atoms with Gasteiger partial charge in [-0.05, 0) is 24.3 Å². The van der Waals surface area contributed by atoms with Gasteiger partial charge in [-0.25, -0.2) is 4.98 Å². The molecule has 6 nitrogen and oxygen atoms in total. The van der Waals surface area contributed by atoms with E-state index in [1.54, 1.807) is 0 Å². The Morgan fingerprint density at radius 3 is 2.83 bits per heavy atom. The summed E-state index contributed by atoms with van der Waals surface area (Å²) in [7, 11) is 0. The highest BCUT2D eigenvalue weighted by Gasteiger charge is 2.10. The minimum atomic E-state index is -0.757. The van der Waals surface area contributed by atoms with Crippen molar-refractivity contribution in [2.24, 2.45) is 0 Å². The summed E-state index contributed by atoms with van der Waals surface area (Å²) in [4.78, 5) is 27.4. The molecule has 0 radical (unpaired) electrons. The van der Waals surface area contributed by atoms with Gasteiger partial charge in [0.2, 0.25) is 11.8 Å². The maximum Gasteiger partial charge on any atom is 0.303 e. The Kier molecular flexibility index (Phi) is 6.80. The van der Waals surface area contributed by atoms with E-state index in [0.717, 1.165) is 24.1 Å². The Morgan fingerprint density at radius 2 is 2.09 bits per heavy atom. The molecule has 2 N–H and O–H groups in total. The molecular weight excluding hydrogens is 316 g/mol. The van der Waals surface area contributed by atoms with Gasteiger partial charge in [-0.3, -0.25) is 9.59 Å². The SMILES string of the molecule is O=C(O)CCCCCCNC(=O)Cc1coc(-c2cccs2)n1. The van der Waals surface area contributed by atoms with Crippen LogP contribution in [0.2, 0.25) is 0 Å². The molecule has 0 aliphatic heterocycles. The lowest BCUT2D eigenvalue weighted by atomic mass is 10.1. The fourth-order valence-electron chi connectivity index (χ4n) is 2.11. The molecule has 0 atom stereocenters. The number of nitrogens with one attached hydrogen (secondary N) is 1. The molecule has 2 aromatic rings. The lowest BCUT2D eigenvalue weighted by Gasteiger charge is -2.03. The zero-order chi connectivity index (χ0) is 16.5. The van der Waals surface area contributed by atoms with Crippen molar-refractivity contribution in [3.8, 4) is 10.8 Å². The van der Waals surface area contributed by atoms with Crippen molar-refractivity contribution >= 4 is 23.2 Å². The number of hydrogen-bond donors (Lipinski definition) is 2. The molecule has 0 bridgehead atoms. The topological polar surface area (TPSA) is 92.4 Å². The summed E-state index contributed by atoms with van der Waals surface area (Å²) in [5, 5.41) is 13.3. The first kappa shape index (κ1) is 17.2. The Bertz CT molecular complexity index is 622. The number of rotatable bonds is 10. The lowest BCUT2D eigenvalue weighted by molar-refractivity contribution is -0.137. The molecular formula is C16H20N2O4S. The number of aliphatic carboxylic acids is 1. The molecule has 0 saturated carbocycles. The minimum Gasteiger partial charge on any atom is -0.481 e. The second-order valence-corrected chi connectivity index (χ2v) is 6.15. The number of unbranched alkanes of at least 4 members (excludes halogenated alkanes) is 3. The largest absolute Gasteiger partial charge is 0.481 e. The van der Waals surface area contributed by atoms with Crippen LogP contribution in [0.1, 0.15) is 37.8 Å². The van der Waals surface area contributed by atoms with Crippen LogP contribution in [0.15, 0.2) is 28.2 Å². The zero-order valence-corrected chi connectivity index (χ0v) is 13.6. The third-order valence-electron chi connectivity index (χ3n) is 3.26. The second kappa shape index (κ2) is 9.09. The molecule has 2 aromatic heterocycles. The van der Waals surface area contributed by atoms with Gasteiger partial charge in [0.25, 0.3) is 0 Å². The number of carboxylic acids is 1. The highest BCUT2D eigenvalue weighted by atomic mass is 32.1. The van der Waals surface area contributed by atoms with Gasteiger partial charge >= 0.3 is 5.97 Å². The van der Waals surface area contributed by atoms with E-state index < -0.39 is 5.97 Å². The van der Waals surface area contributed by atoms with Gasteiger partial charge in [0.05, 0.1) is 17.0 Å². The Morgan fingerprint density at radius 1 is 1.26 bits per heavy atom. The van der Waals surface area contributed by atoms with E-state index in [4.69, 9.17) is 9.52 Å². The molecule has 0 saturated heterocycles. The smallest absolute Gasteiger partial charge is 0.303 e. The number of thiophene rings is 1. The molecule has 0 fully saturated rings. The van der Waals surface area contributed by atoms with Crippen molar-refractivity contribution < 1.29 is 19.1 Å². The van der Waals surface area contributed by atoms with Gasteiger partial charge in [-0.15, -0.1) is 11.3 Å². The number of hydrogen-bond acceptors (Lipinski definition) is 5. The van der Waals surface area contributed by atoms with Crippen molar-refractivity contribution in [3.05, 3.63) is 29.5 Å². The molecule has 7 heteroatoms. The van der Waals surface area contributed by atoms with Gasteiger partial charge in [-0.1, -0.05) is 18.9 Å². The van der Waals surface area contributed by atoms with Gasteiger partial charge in [0.15, 0.2) is 0 Å². The molecule has 2 rings (SSSR count). The quantitative estimate of drug-likeness (QED) is 0.650. The van der Waals surface area contributed by atoms with Crippen molar-refractivity contribution in [1.29, 1.82) is 0 Å². The average molecular weight is 336 g/mol. The molecule has 124 valence electrons. The van der Waals surface area contributed by atoms with Crippen LogP contribution in [0.25, 0.3) is 10.8 Å². The summed E-state index contributed by atoms with van der Waals surface area (Å²) < 4.78 is 5.37. The maximum absolute atomic E-state index is 11.8. The first-order valence-electron chi connectivity index (χ1n) is 7.62. The fourth-order valence-corrected chi connectivity index (χ4v) is 2.77. The van der Waals surface area contributed by atoms with Crippen LogP contribution in [0.4, 0.5) is 0 Å². The van der Waals surface area contributed by atoms with Crippen molar-refractivity contribution in [1.82, 2.24) is 10.3 Å². The first-order valence-corrected chi connectivity index (χ1v) is 8.50. The number of carbonyl (C=O) groups excluding carboxylic acids is 1. The molecule has 0 spiro atoms. The third kappa shape index (κ3) is 6.23. The van der Waals surface area contributed by atoms with Crippen LogP contribution in [0.5, 0.6) is 0 Å². The van der Waals surface area contributed by atoms with Gasteiger partial charge < -0.3 is 14.8 Å². The minimum absolute atomic E-state index is 0.0819. The van der Waals surface area contributed by atoms with Crippen molar-refractivity contribution in [2.45, 2.75) is 38.5 Å². The predicted octanol–water partition coefficient (Wildman–Crippen LogP) is 3.10. The number of nitrogens with zero attached hydrogens (tertiary/aromatic N) is 1. The molecule has 0 aliphatic rings. The first-order chi connectivity index (χ1) is 11.1. The van der Waals surface area contributed by atoms with Crippen LogP contribution in [0.3, 0.4) is 0 Å². The van der Waals surface area contributed by atoms with Crippen LogP contribution < -0.4 is 5.32 Å². The summed E-state index contributed by atoms with van der Waals surface area (Å²) in [6.45, 7) is 0.599. The van der Waals surface area contributed by atoms with E-state index >= 15 is 0 Å². The van der Waals surface area contributed by atoms with E-state index in [-0.39, 0.29) is 18.7 Å². The second-order valence-electron chi connectivity index (χ2n) is 5.21. The van der Waals surface area contributed by atoms with E-state index in [2.05, 4.69) is 10.3 Å². The fraction of sp³-hybridized carbons (Fsp3) is 0.438. The van der Waals surface area contributed by atoms with E-state index in [1.807, 2.05) is 17.5 Å². The number of carboxylic acid groups (broad SMARTS) is 1. The van der Waals surface area contributed by atoms with Crippen molar-refractivity contribution in [3.63, 3.8) is 0 Å². The standard InChI is InChI=1S/C16H20N2O4S/c19-14(17-8-4-2-1-3-7-15(20)21)10-12-11-22-16(18-12)13-6-5-9-23-13/h5-6,9,11H,1-4,7-8,10H2,(H,17,19)(H,20,21). The summed E-state index contributed by atoms with van der Waals surface area (Å²) in [5.41, 5.74) is 0.618. The molecule has 0 aliphatic carbocycles. The zero-order valence-electron chi connectivity index (χ0n) is 12.8. The summed E-state index contributed by atoms with van der Waals surface area (Å²) >= 11 is 1.54. The maximum atomic E-state index is 11.8. The van der Waals surface area contributed by atoms with E-state index in [0.29, 0.717) is 24.6 Å². The monoisotopic (exact) mass is 336 g/mol. The van der Waals surface area contributed by atoms with Crippen LogP contribution >= 0.6 is 11.3 Å². The normalized spacial score (nSPS) is 10.6. The Labute approximate surface area is 138 Å². The van der Waals surface area contributed by atoms with Crippen LogP contribution in [-0.4, -0.2) is 28.5 Å². The number of amides is 1. The highest BCUT2D eigenvalue weighted by Crippen LogP contribution is 2.23. The molecule has 0 unspecified atom stereocenters. The van der Waals surface area contributed by atoms with Gasteiger partial charge in [-0.2, -0.15) is 0 Å².